The third-order valence-electron chi connectivity index (χ3n) is 9.30. The van der Waals surface area contributed by atoms with E-state index < -0.39 is 90.7 Å². The second-order valence-corrected chi connectivity index (χ2v) is 16.4. The molecule has 0 radical (unpaired) electrons. The van der Waals surface area contributed by atoms with Gasteiger partial charge in [0.25, 0.3) is 19.6 Å². The van der Waals surface area contributed by atoms with Crippen LogP contribution in [0.25, 0.3) is 0 Å². The molecule has 2 aromatic rings. The first-order valence-corrected chi connectivity index (χ1v) is 17.9. The maximum Gasteiger partial charge on any atom is 0.330 e. The summed E-state index contributed by atoms with van der Waals surface area (Å²) in [7, 11) is -1.76. The van der Waals surface area contributed by atoms with Crippen molar-refractivity contribution in [3.05, 3.63) is 66.2 Å². The van der Waals surface area contributed by atoms with Crippen LogP contribution in [0, 0.1) is 0 Å². The molecule has 6 rings (SSSR count). The van der Waals surface area contributed by atoms with E-state index in [1.54, 1.807) is 27.7 Å². The summed E-state index contributed by atoms with van der Waals surface area (Å²) in [5.41, 5.74) is -4.52. The Hall–Kier alpha value is -2.57. The lowest BCUT2D eigenvalue weighted by atomic mass is 9.96. The Morgan fingerprint density at radius 2 is 1.10 bits per heavy atom. The number of hydrogen-bond acceptors (Lipinski definition) is 13. The van der Waals surface area contributed by atoms with E-state index in [0.29, 0.717) is 0 Å². The minimum atomic E-state index is -1.76. The van der Waals surface area contributed by atoms with Crippen LogP contribution in [0.3, 0.4) is 0 Å². The highest BCUT2D eigenvalue weighted by atomic mass is 31.2. The highest BCUT2D eigenvalue weighted by Crippen LogP contribution is 2.54. The van der Waals surface area contributed by atoms with Gasteiger partial charge in [0, 0.05) is 36.6 Å². The fourth-order valence-corrected chi connectivity index (χ4v) is 9.31. The molecular weight excluding hydrogens is 677 g/mol. The summed E-state index contributed by atoms with van der Waals surface area (Å²) in [5.74, 6) is -1.97. The first-order valence-electron chi connectivity index (χ1n) is 16.8. The van der Waals surface area contributed by atoms with Crippen molar-refractivity contribution in [3.8, 4) is 0 Å². The van der Waals surface area contributed by atoms with Crippen molar-refractivity contribution in [3.63, 3.8) is 0 Å². The maximum absolute atomic E-state index is 12.8. The van der Waals surface area contributed by atoms with Crippen LogP contribution in [0.5, 0.6) is 0 Å². The highest BCUT2D eigenvalue weighted by Gasteiger charge is 2.66. The molecule has 0 unspecified atom stereocenters. The van der Waals surface area contributed by atoms with E-state index in [1.807, 2.05) is 41.5 Å². The summed E-state index contributed by atoms with van der Waals surface area (Å²) in [6.07, 6.45) is -1.73. The van der Waals surface area contributed by atoms with Gasteiger partial charge < -0.3 is 37.5 Å². The quantitative estimate of drug-likeness (QED) is 0.321. The fourth-order valence-electron chi connectivity index (χ4n) is 7.66. The fraction of sp³-hybridized carbons (Fsp3) is 0.750. The second-order valence-electron chi connectivity index (χ2n) is 14.9. The molecule has 8 atom stereocenters. The number of aromatic nitrogens is 4. The predicted octanol–water partition coefficient (Wildman–Crippen LogP) is 2.08. The molecule has 4 saturated heterocycles. The molecule has 0 bridgehead atoms. The first kappa shape index (κ1) is 37.2. The van der Waals surface area contributed by atoms with Crippen LogP contribution in [-0.4, -0.2) is 96.3 Å². The van der Waals surface area contributed by atoms with Crippen LogP contribution >= 0.6 is 8.53 Å². The first-order chi connectivity index (χ1) is 23.2. The zero-order valence-electron chi connectivity index (χ0n) is 30.0. The van der Waals surface area contributed by atoms with E-state index in [1.165, 1.54) is 33.7 Å². The summed E-state index contributed by atoms with van der Waals surface area (Å²) in [6, 6.07) is 2.53. The van der Waals surface area contributed by atoms with Crippen molar-refractivity contribution in [2.45, 2.75) is 141 Å². The van der Waals surface area contributed by atoms with Crippen LogP contribution < -0.4 is 22.5 Å². The number of nitrogens with one attached hydrogen (secondary N) is 2. The highest BCUT2D eigenvalue weighted by molar-refractivity contribution is 7.44. The number of ether oxygens (including phenoxy) is 6. The van der Waals surface area contributed by atoms with Gasteiger partial charge in [0.1, 0.15) is 35.6 Å². The molecule has 4 aliphatic rings. The van der Waals surface area contributed by atoms with Crippen LogP contribution in [0.15, 0.2) is 43.7 Å². The van der Waals surface area contributed by atoms with Crippen molar-refractivity contribution in [1.82, 2.24) is 23.8 Å². The SMILES string of the molecule is CC(C)N(C(C)C)P(OC[C@H]1O[C@@H](n2ccc(=O)[nH]c2=O)[C@]2(C)OC(C)(C)O[C@H]12)OC[C@H]1O[C@@H](n2ccc(=O)[nH]c2=O)[C@]2(C)OC(C)(C)O[C@H]12. The lowest BCUT2D eigenvalue weighted by Crippen LogP contribution is -2.45. The summed E-state index contributed by atoms with van der Waals surface area (Å²) < 4.78 is 56.0. The Balaban J connectivity index is 1.25. The summed E-state index contributed by atoms with van der Waals surface area (Å²) in [4.78, 5) is 53.9. The second kappa shape index (κ2) is 13.1. The molecule has 0 aliphatic carbocycles. The standard InChI is InChI=1S/C32H48N5O12P/c1-17(2)37(18(3)4)50(42-15-19-23-31(9,48-29(5,6)46-23)25(44-19)35-13-11-21(38)33-27(35)40)43-16-20-24-32(10,49-30(7,8)47-24)26(45-20)36-14-12-22(39)34-28(36)41/h11-14,17-20,23-26H,15-16H2,1-10H3,(H,33,38,40)(H,34,39,41)/t19-,20-,23-,24-,25-,26-,31-,32-/m1/s1. The molecule has 6 heterocycles. The molecule has 50 heavy (non-hydrogen) atoms. The average Bonchev–Trinajstić information content (AvgIpc) is 3.58. The van der Waals surface area contributed by atoms with Gasteiger partial charge in [-0.1, -0.05) is 0 Å². The molecule has 4 aliphatic heterocycles. The van der Waals surface area contributed by atoms with E-state index >= 15 is 0 Å². The van der Waals surface area contributed by atoms with Crippen LogP contribution in [-0.2, 0) is 37.5 Å². The Morgan fingerprint density at radius 3 is 1.44 bits per heavy atom. The van der Waals surface area contributed by atoms with Crippen molar-refractivity contribution >= 4 is 8.53 Å². The Labute approximate surface area is 290 Å². The van der Waals surface area contributed by atoms with Crippen LogP contribution in [0.1, 0.15) is 81.7 Å². The van der Waals surface area contributed by atoms with E-state index in [9.17, 15) is 19.2 Å². The maximum atomic E-state index is 12.8. The van der Waals surface area contributed by atoms with Crippen molar-refractivity contribution in [2.24, 2.45) is 0 Å². The van der Waals surface area contributed by atoms with E-state index in [-0.39, 0.29) is 25.3 Å². The number of nitrogens with zero attached hydrogens (tertiary/aromatic N) is 3. The van der Waals surface area contributed by atoms with Crippen molar-refractivity contribution in [1.29, 1.82) is 0 Å². The predicted molar refractivity (Wildman–Crippen MR) is 178 cm³/mol. The average molecular weight is 726 g/mol. The van der Waals surface area contributed by atoms with Gasteiger partial charge in [-0.3, -0.25) is 28.7 Å². The van der Waals surface area contributed by atoms with Crippen molar-refractivity contribution in [2.75, 3.05) is 13.2 Å². The Bertz CT molecular complexity index is 1680. The Morgan fingerprint density at radius 1 is 0.720 bits per heavy atom. The van der Waals surface area contributed by atoms with Crippen LogP contribution in [0.4, 0.5) is 0 Å². The molecule has 0 amide bonds. The largest absolute Gasteiger partial charge is 0.346 e. The number of hydrogen-bond donors (Lipinski definition) is 2. The van der Waals surface area contributed by atoms with Gasteiger partial charge in [-0.15, -0.1) is 0 Å². The molecule has 2 N–H and O–H groups in total. The molecule has 2 aromatic heterocycles. The van der Waals surface area contributed by atoms with Gasteiger partial charge in [0.15, 0.2) is 24.0 Å². The minimum absolute atomic E-state index is 0.0144. The molecule has 0 spiro atoms. The van der Waals surface area contributed by atoms with Gasteiger partial charge in [0.05, 0.1) is 13.2 Å². The van der Waals surface area contributed by atoms with Gasteiger partial charge >= 0.3 is 11.4 Å². The lowest BCUT2D eigenvalue weighted by molar-refractivity contribution is -0.218. The van der Waals surface area contributed by atoms with Crippen LogP contribution in [0.2, 0.25) is 0 Å². The number of H-pyrrole nitrogens is 2. The molecule has 278 valence electrons. The molecule has 0 saturated carbocycles. The van der Waals surface area contributed by atoms with Gasteiger partial charge in [-0.25, -0.2) is 14.3 Å². The molecule has 17 nitrogen and oxygen atoms in total. The van der Waals surface area contributed by atoms with Crippen molar-refractivity contribution < 1.29 is 37.5 Å². The number of fused-ring (bicyclic) bond motifs is 2. The van der Waals surface area contributed by atoms with Gasteiger partial charge in [-0.05, 0) is 69.2 Å². The summed E-state index contributed by atoms with van der Waals surface area (Å²) in [5, 5.41) is 0. The van der Waals surface area contributed by atoms with Gasteiger partial charge in [0.2, 0.25) is 0 Å². The summed E-state index contributed by atoms with van der Waals surface area (Å²) >= 11 is 0. The zero-order chi connectivity index (χ0) is 36.6. The van der Waals surface area contributed by atoms with E-state index in [0.717, 1.165) is 0 Å². The van der Waals surface area contributed by atoms with Gasteiger partial charge in [-0.2, -0.15) is 0 Å². The third-order valence-corrected chi connectivity index (χ3v) is 11.3. The monoisotopic (exact) mass is 725 g/mol. The molecular formula is C32H48N5O12P. The normalized spacial score (nSPS) is 34.4. The molecule has 4 fully saturated rings. The topological polar surface area (TPSA) is 187 Å². The zero-order valence-corrected chi connectivity index (χ0v) is 30.9. The number of rotatable bonds is 11. The minimum Gasteiger partial charge on any atom is -0.346 e. The van der Waals surface area contributed by atoms with E-state index in [4.69, 9.17) is 37.5 Å². The van der Waals surface area contributed by atoms with E-state index in [2.05, 4.69) is 14.6 Å². The number of aromatic amines is 2. The molecule has 18 heteroatoms. The Kier molecular flexibility index (Phi) is 9.77. The summed E-state index contributed by atoms with van der Waals surface area (Å²) in [6.45, 7) is 19.0. The lowest BCUT2D eigenvalue weighted by Gasteiger charge is -2.37. The molecule has 0 aromatic carbocycles. The smallest absolute Gasteiger partial charge is 0.330 e. The third kappa shape index (κ3) is 6.73.